The second-order valence-electron chi connectivity index (χ2n) is 10.2. The van der Waals surface area contributed by atoms with Crippen molar-refractivity contribution < 1.29 is 8.39 Å². The Morgan fingerprint density at radius 3 is 2.44 bits per heavy atom. The van der Waals surface area contributed by atoms with Crippen molar-refractivity contribution in [3.63, 3.8) is 0 Å². The summed E-state index contributed by atoms with van der Waals surface area (Å²) in [6, 6.07) is 1.16. The second kappa shape index (κ2) is 6.60. The minimum absolute atomic E-state index is 0.202. The molecule has 0 spiro atoms. The first-order valence-electron chi connectivity index (χ1n) is 10.9. The zero-order valence-corrected chi connectivity index (χ0v) is 16.7. The van der Waals surface area contributed by atoms with Crippen molar-refractivity contribution in [1.29, 1.82) is 0 Å². The summed E-state index contributed by atoms with van der Waals surface area (Å²) in [5, 5.41) is 4.33. The lowest BCUT2D eigenvalue weighted by atomic mass is 9.62. The SMILES string of the molecule is CC1CCC2CC3C4NC5CCC(C)CC5CC4OS(=O)C3CC2C1. The molecule has 0 aromatic carbocycles. The van der Waals surface area contributed by atoms with Gasteiger partial charge in [0.2, 0.25) is 0 Å². The Labute approximate surface area is 155 Å². The van der Waals surface area contributed by atoms with Crippen molar-refractivity contribution >= 4 is 11.1 Å². The average Bonchev–Trinajstić information content (AvgIpc) is 2.59. The highest BCUT2D eigenvalue weighted by Gasteiger charge is 2.53. The van der Waals surface area contributed by atoms with E-state index in [1.165, 1.54) is 44.9 Å². The minimum Gasteiger partial charge on any atom is -0.308 e. The largest absolute Gasteiger partial charge is 0.308 e. The maximum atomic E-state index is 12.9. The molecule has 0 bridgehead atoms. The van der Waals surface area contributed by atoms with Gasteiger partial charge in [0, 0.05) is 12.1 Å². The van der Waals surface area contributed by atoms with Crippen molar-refractivity contribution in [2.24, 2.45) is 35.5 Å². The molecule has 4 heteroatoms. The van der Waals surface area contributed by atoms with Crippen LogP contribution in [0.25, 0.3) is 0 Å². The zero-order chi connectivity index (χ0) is 17.1. The number of nitrogens with one attached hydrogen (secondary N) is 1. The van der Waals surface area contributed by atoms with Crippen LogP contribution in [0.4, 0.5) is 0 Å². The summed E-state index contributed by atoms with van der Waals surface area (Å²) in [6.07, 6.45) is 12.0. The van der Waals surface area contributed by atoms with E-state index >= 15 is 0 Å². The van der Waals surface area contributed by atoms with Crippen LogP contribution in [0.2, 0.25) is 0 Å². The first kappa shape index (κ1) is 17.2. The maximum Gasteiger partial charge on any atom is 0.159 e. The van der Waals surface area contributed by atoms with Crippen LogP contribution >= 0.6 is 0 Å². The molecule has 5 rings (SSSR count). The summed E-state index contributed by atoms with van der Waals surface area (Å²) in [6.45, 7) is 4.79. The summed E-state index contributed by atoms with van der Waals surface area (Å²) in [4.78, 5) is 0. The standard InChI is InChI=1S/C21H35NO2S/c1-12-3-5-14-9-17-20(11-15(14)7-12)25(23)24-19-10-16-8-13(2)4-6-18(16)22-21(17)19/h12-22H,3-11H2,1-2H3. The van der Waals surface area contributed by atoms with E-state index in [2.05, 4.69) is 19.2 Å². The number of fused-ring (bicyclic) bond motifs is 5. The Hall–Kier alpha value is 0.0700. The third-order valence-electron chi connectivity index (χ3n) is 8.50. The van der Waals surface area contributed by atoms with Gasteiger partial charge >= 0.3 is 0 Å². The number of hydrogen-bond donors (Lipinski definition) is 1. The van der Waals surface area contributed by atoms with E-state index in [0.717, 1.165) is 42.4 Å². The van der Waals surface area contributed by atoms with Gasteiger partial charge in [0.25, 0.3) is 0 Å². The summed E-state index contributed by atoms with van der Waals surface area (Å²) < 4.78 is 19.1. The van der Waals surface area contributed by atoms with Gasteiger partial charge in [-0.1, -0.05) is 20.3 Å². The van der Waals surface area contributed by atoms with Crippen LogP contribution in [0.3, 0.4) is 0 Å². The molecule has 11 atom stereocenters. The molecule has 25 heavy (non-hydrogen) atoms. The topological polar surface area (TPSA) is 38.3 Å². The molecule has 0 aromatic rings. The van der Waals surface area contributed by atoms with Gasteiger partial charge in [-0.2, -0.15) is 0 Å². The van der Waals surface area contributed by atoms with E-state index in [4.69, 9.17) is 4.18 Å². The predicted octanol–water partition coefficient (Wildman–Crippen LogP) is 4.05. The highest BCUT2D eigenvalue weighted by Crippen LogP contribution is 2.51. The summed E-state index contributed by atoms with van der Waals surface area (Å²) >= 11 is -1.06. The van der Waals surface area contributed by atoms with E-state index in [0.29, 0.717) is 23.3 Å². The van der Waals surface area contributed by atoms with Crippen LogP contribution < -0.4 is 5.32 Å². The van der Waals surface area contributed by atoms with E-state index in [-0.39, 0.29) is 6.10 Å². The van der Waals surface area contributed by atoms with Crippen LogP contribution in [0, 0.1) is 35.5 Å². The Bertz CT molecular complexity index is 540. The highest BCUT2D eigenvalue weighted by atomic mass is 32.2. The molecule has 2 heterocycles. The normalized spacial score (nSPS) is 58.4. The van der Waals surface area contributed by atoms with Crippen LogP contribution in [0.1, 0.15) is 71.6 Å². The molecule has 11 unspecified atom stereocenters. The molecule has 0 amide bonds. The summed E-state index contributed by atoms with van der Waals surface area (Å²) in [7, 11) is 0. The molecular weight excluding hydrogens is 330 g/mol. The number of piperidine rings is 1. The van der Waals surface area contributed by atoms with Crippen molar-refractivity contribution in [2.45, 2.75) is 95.1 Å². The van der Waals surface area contributed by atoms with Gasteiger partial charge < -0.3 is 5.32 Å². The lowest BCUT2D eigenvalue weighted by Gasteiger charge is -2.55. The van der Waals surface area contributed by atoms with Crippen molar-refractivity contribution in [2.75, 3.05) is 0 Å². The molecule has 2 aliphatic heterocycles. The van der Waals surface area contributed by atoms with Gasteiger partial charge in [0.1, 0.15) is 0 Å². The molecule has 5 fully saturated rings. The Morgan fingerprint density at radius 1 is 0.840 bits per heavy atom. The first-order valence-corrected chi connectivity index (χ1v) is 12.1. The summed E-state index contributed by atoms with van der Waals surface area (Å²) in [5.74, 6) is 4.74. The molecule has 3 nitrogen and oxygen atoms in total. The van der Waals surface area contributed by atoms with E-state index in [1.807, 2.05) is 0 Å². The lowest BCUT2D eigenvalue weighted by Crippen LogP contribution is -2.65. The lowest BCUT2D eigenvalue weighted by molar-refractivity contribution is -0.0177. The van der Waals surface area contributed by atoms with Gasteiger partial charge in [-0.3, -0.25) is 4.18 Å². The van der Waals surface area contributed by atoms with Crippen molar-refractivity contribution in [1.82, 2.24) is 5.32 Å². The predicted molar refractivity (Wildman–Crippen MR) is 101 cm³/mol. The molecule has 2 saturated heterocycles. The van der Waals surface area contributed by atoms with Crippen LogP contribution in [0.5, 0.6) is 0 Å². The van der Waals surface area contributed by atoms with Crippen LogP contribution in [0.15, 0.2) is 0 Å². The number of rotatable bonds is 0. The number of hydrogen-bond acceptors (Lipinski definition) is 3. The first-order chi connectivity index (χ1) is 12.1. The monoisotopic (exact) mass is 365 g/mol. The van der Waals surface area contributed by atoms with Crippen LogP contribution in [-0.2, 0) is 15.3 Å². The van der Waals surface area contributed by atoms with Gasteiger partial charge in [0.05, 0.1) is 11.4 Å². The van der Waals surface area contributed by atoms with E-state index in [1.54, 1.807) is 0 Å². The fourth-order valence-electron chi connectivity index (χ4n) is 7.20. The van der Waals surface area contributed by atoms with Gasteiger partial charge in [-0.15, -0.1) is 0 Å². The minimum atomic E-state index is -1.06. The van der Waals surface area contributed by atoms with E-state index < -0.39 is 11.1 Å². The average molecular weight is 366 g/mol. The highest BCUT2D eigenvalue weighted by molar-refractivity contribution is 7.80. The third-order valence-corrected chi connectivity index (χ3v) is 9.98. The van der Waals surface area contributed by atoms with Crippen LogP contribution in [-0.4, -0.2) is 27.6 Å². The Balaban J connectivity index is 1.35. The van der Waals surface area contributed by atoms with Gasteiger partial charge in [-0.25, -0.2) is 4.21 Å². The summed E-state index contributed by atoms with van der Waals surface area (Å²) in [5.41, 5.74) is 0. The molecule has 1 N–H and O–H groups in total. The Kier molecular flexibility index (Phi) is 4.53. The third kappa shape index (κ3) is 3.04. The molecular formula is C21H35NO2S. The molecule has 3 saturated carbocycles. The van der Waals surface area contributed by atoms with E-state index in [9.17, 15) is 4.21 Å². The Morgan fingerprint density at radius 2 is 1.60 bits per heavy atom. The molecule has 3 aliphatic carbocycles. The molecule has 0 aromatic heterocycles. The molecule has 5 aliphatic rings. The second-order valence-corrected chi connectivity index (χ2v) is 11.5. The maximum absolute atomic E-state index is 12.9. The van der Waals surface area contributed by atoms with Gasteiger partial charge in [-0.05, 0) is 86.9 Å². The molecule has 142 valence electrons. The van der Waals surface area contributed by atoms with Gasteiger partial charge in [0.15, 0.2) is 11.1 Å². The smallest absolute Gasteiger partial charge is 0.159 e. The zero-order valence-electron chi connectivity index (χ0n) is 15.9. The fraction of sp³-hybridized carbons (Fsp3) is 1.00. The van der Waals surface area contributed by atoms with Crippen molar-refractivity contribution in [3.05, 3.63) is 0 Å². The molecule has 0 radical (unpaired) electrons. The quantitative estimate of drug-likeness (QED) is 0.704. The fourth-order valence-corrected chi connectivity index (χ4v) is 8.76. The van der Waals surface area contributed by atoms with Crippen molar-refractivity contribution in [3.8, 4) is 0 Å².